The van der Waals surface area contributed by atoms with Crippen molar-refractivity contribution in [1.82, 2.24) is 10.3 Å². The second-order valence-corrected chi connectivity index (χ2v) is 9.17. The lowest BCUT2D eigenvalue weighted by atomic mass is 10.2. The molecule has 0 atom stereocenters. The number of hydrogen-bond donors (Lipinski definition) is 2. The Morgan fingerprint density at radius 2 is 1.84 bits per heavy atom. The molecule has 0 bridgehead atoms. The second-order valence-electron chi connectivity index (χ2n) is 6.94. The number of thioether (sulfide) groups is 1. The molecule has 4 rings (SSSR count). The molecule has 0 aliphatic heterocycles. The van der Waals surface area contributed by atoms with Crippen LogP contribution in [0, 0.1) is 5.82 Å². The molecule has 2 amide bonds. The summed E-state index contributed by atoms with van der Waals surface area (Å²) in [5.74, 6) is -0.0541. The summed E-state index contributed by atoms with van der Waals surface area (Å²) < 4.78 is 19.1. The van der Waals surface area contributed by atoms with Crippen molar-refractivity contribution in [3.05, 3.63) is 60.4 Å². The van der Waals surface area contributed by atoms with Crippen LogP contribution in [0.25, 0.3) is 11.3 Å². The zero-order valence-electron chi connectivity index (χ0n) is 16.5. The van der Waals surface area contributed by atoms with Crippen LogP contribution in [0.5, 0.6) is 5.75 Å². The van der Waals surface area contributed by atoms with Gasteiger partial charge in [0.05, 0.1) is 5.75 Å². The molecule has 160 valence electrons. The highest BCUT2D eigenvalue weighted by atomic mass is 32.2. The Hall–Kier alpha value is -2.91. The molecule has 31 heavy (non-hydrogen) atoms. The summed E-state index contributed by atoms with van der Waals surface area (Å²) >= 11 is 2.66. The first-order chi connectivity index (χ1) is 15.1. The second kappa shape index (κ2) is 9.93. The van der Waals surface area contributed by atoms with Crippen molar-refractivity contribution in [2.45, 2.75) is 23.2 Å². The fourth-order valence-corrected chi connectivity index (χ4v) is 4.60. The van der Waals surface area contributed by atoms with Crippen LogP contribution < -0.4 is 15.4 Å². The number of nitrogens with one attached hydrogen (secondary N) is 2. The average Bonchev–Trinajstić information content (AvgIpc) is 3.50. The molecule has 2 aromatic carbocycles. The quantitative estimate of drug-likeness (QED) is 0.468. The van der Waals surface area contributed by atoms with E-state index in [2.05, 4.69) is 15.6 Å². The van der Waals surface area contributed by atoms with E-state index in [1.54, 1.807) is 0 Å². The van der Waals surface area contributed by atoms with Crippen molar-refractivity contribution in [2.24, 2.45) is 0 Å². The van der Waals surface area contributed by atoms with Crippen LogP contribution in [0.4, 0.5) is 9.39 Å². The van der Waals surface area contributed by atoms with Gasteiger partial charge in [-0.3, -0.25) is 9.59 Å². The Bertz CT molecular complexity index is 1050. The largest absolute Gasteiger partial charge is 0.484 e. The molecule has 0 radical (unpaired) electrons. The molecule has 6 nitrogen and oxygen atoms in total. The number of carbonyl (C=O) groups excluding carboxylic acids is 2. The lowest BCUT2D eigenvalue weighted by molar-refractivity contribution is -0.119. The van der Waals surface area contributed by atoms with E-state index in [-0.39, 0.29) is 30.0 Å². The third-order valence-corrected chi connectivity index (χ3v) is 6.47. The predicted octanol–water partition coefficient (Wildman–Crippen LogP) is 4.34. The molecule has 1 saturated carbocycles. The molecule has 1 aliphatic carbocycles. The van der Waals surface area contributed by atoms with E-state index < -0.39 is 0 Å². The van der Waals surface area contributed by atoms with Crippen LogP contribution in [0.3, 0.4) is 0 Å². The maximum Gasteiger partial charge on any atom is 0.262 e. The van der Waals surface area contributed by atoms with Gasteiger partial charge in [0.25, 0.3) is 5.91 Å². The third kappa shape index (κ3) is 6.28. The molecule has 2 N–H and O–H groups in total. The van der Waals surface area contributed by atoms with Crippen LogP contribution in [-0.4, -0.2) is 35.2 Å². The number of ether oxygens (including phenoxy) is 1. The lowest BCUT2D eigenvalue weighted by Gasteiger charge is -2.07. The first-order valence-corrected chi connectivity index (χ1v) is 11.5. The number of anilines is 1. The fourth-order valence-electron chi connectivity index (χ4n) is 2.71. The maximum atomic E-state index is 13.0. The minimum Gasteiger partial charge on any atom is -0.484 e. The van der Waals surface area contributed by atoms with Crippen molar-refractivity contribution in [3.63, 3.8) is 0 Å². The first kappa shape index (κ1) is 21.3. The molecule has 1 aliphatic rings. The van der Waals surface area contributed by atoms with Crippen LogP contribution in [0.1, 0.15) is 12.8 Å². The van der Waals surface area contributed by atoms with Gasteiger partial charge in [0, 0.05) is 11.6 Å². The number of halogens is 1. The van der Waals surface area contributed by atoms with E-state index in [0.717, 1.165) is 18.4 Å². The van der Waals surface area contributed by atoms with Crippen molar-refractivity contribution >= 4 is 39.9 Å². The van der Waals surface area contributed by atoms with Crippen LogP contribution in [0.15, 0.2) is 58.9 Å². The van der Waals surface area contributed by atoms with Gasteiger partial charge >= 0.3 is 0 Å². The van der Waals surface area contributed by atoms with Crippen molar-refractivity contribution in [2.75, 3.05) is 17.7 Å². The highest BCUT2D eigenvalue weighted by molar-refractivity contribution is 8.01. The summed E-state index contributed by atoms with van der Waals surface area (Å²) in [6, 6.07) is 15.3. The minimum absolute atomic E-state index is 0.0118. The lowest BCUT2D eigenvalue weighted by Crippen LogP contribution is -2.26. The van der Waals surface area contributed by atoms with E-state index in [0.29, 0.717) is 26.8 Å². The van der Waals surface area contributed by atoms with Crippen LogP contribution in [0.2, 0.25) is 0 Å². The Balaban J connectivity index is 1.42. The standard InChI is InChI=1S/C22H20FN3O3S2/c23-15-6-10-17(11-7-15)29-12-18(27)25-21-20(14-4-2-1-3-5-14)26-22(31-21)30-13-19(28)24-16-8-9-16/h1-7,10-11,16H,8-9,12-13H2,(H,24,28)(H,25,27). The summed E-state index contributed by atoms with van der Waals surface area (Å²) in [5, 5.41) is 6.38. The number of carbonyl (C=O) groups is 2. The number of rotatable bonds is 9. The molecule has 0 unspecified atom stereocenters. The predicted molar refractivity (Wildman–Crippen MR) is 120 cm³/mol. The van der Waals surface area contributed by atoms with Crippen molar-refractivity contribution in [3.8, 4) is 17.0 Å². The summed E-state index contributed by atoms with van der Waals surface area (Å²) in [6.07, 6.45) is 2.09. The number of aromatic nitrogens is 1. The Labute approximate surface area is 187 Å². The maximum absolute atomic E-state index is 13.0. The summed E-state index contributed by atoms with van der Waals surface area (Å²) in [6.45, 7) is -0.218. The number of benzene rings is 2. The first-order valence-electron chi connectivity index (χ1n) is 9.73. The van der Waals surface area contributed by atoms with Gasteiger partial charge in [-0.05, 0) is 37.1 Å². The molecule has 3 aromatic rings. The van der Waals surface area contributed by atoms with Gasteiger partial charge in [0.15, 0.2) is 10.9 Å². The van der Waals surface area contributed by atoms with Gasteiger partial charge in [-0.25, -0.2) is 9.37 Å². The third-order valence-electron chi connectivity index (χ3n) is 4.36. The van der Waals surface area contributed by atoms with E-state index in [4.69, 9.17) is 4.74 Å². The van der Waals surface area contributed by atoms with Crippen LogP contribution in [-0.2, 0) is 9.59 Å². The minimum atomic E-state index is -0.371. The Morgan fingerprint density at radius 1 is 1.10 bits per heavy atom. The topological polar surface area (TPSA) is 80.3 Å². The number of thiazole rings is 1. The molecule has 1 aromatic heterocycles. The van der Waals surface area contributed by atoms with Crippen molar-refractivity contribution in [1.29, 1.82) is 0 Å². The van der Waals surface area contributed by atoms with E-state index in [9.17, 15) is 14.0 Å². The van der Waals surface area contributed by atoms with Gasteiger partial charge in [0.1, 0.15) is 22.3 Å². The average molecular weight is 458 g/mol. The summed E-state index contributed by atoms with van der Waals surface area (Å²) in [5.41, 5.74) is 1.51. The molecule has 0 spiro atoms. The van der Waals surface area contributed by atoms with Gasteiger partial charge < -0.3 is 15.4 Å². The normalized spacial score (nSPS) is 12.9. The number of amides is 2. The van der Waals surface area contributed by atoms with Gasteiger partial charge in [0.2, 0.25) is 5.91 Å². The van der Waals surface area contributed by atoms with Crippen LogP contribution >= 0.6 is 23.1 Å². The highest BCUT2D eigenvalue weighted by Crippen LogP contribution is 2.37. The number of nitrogens with zero attached hydrogens (tertiary/aromatic N) is 1. The fraction of sp³-hybridized carbons (Fsp3) is 0.227. The molecular formula is C22H20FN3O3S2. The van der Waals surface area contributed by atoms with E-state index >= 15 is 0 Å². The summed E-state index contributed by atoms with van der Waals surface area (Å²) in [7, 11) is 0. The molecule has 1 heterocycles. The smallest absolute Gasteiger partial charge is 0.262 e. The highest BCUT2D eigenvalue weighted by Gasteiger charge is 2.23. The monoisotopic (exact) mass is 457 g/mol. The zero-order chi connectivity index (χ0) is 21.6. The van der Waals surface area contributed by atoms with Gasteiger partial charge in [-0.1, -0.05) is 53.4 Å². The summed E-state index contributed by atoms with van der Waals surface area (Å²) in [4.78, 5) is 29.1. The van der Waals surface area contributed by atoms with Crippen molar-refractivity contribution < 1.29 is 18.7 Å². The van der Waals surface area contributed by atoms with Gasteiger partial charge in [-0.15, -0.1) is 0 Å². The molecule has 0 saturated heterocycles. The Kier molecular flexibility index (Phi) is 6.83. The molecule has 1 fully saturated rings. The number of hydrogen-bond acceptors (Lipinski definition) is 6. The van der Waals surface area contributed by atoms with E-state index in [1.165, 1.54) is 47.4 Å². The molecular weight excluding hydrogens is 437 g/mol. The van der Waals surface area contributed by atoms with Gasteiger partial charge in [-0.2, -0.15) is 0 Å². The zero-order valence-corrected chi connectivity index (χ0v) is 18.1. The molecule has 9 heteroatoms. The van der Waals surface area contributed by atoms with E-state index in [1.807, 2.05) is 30.3 Å². The Morgan fingerprint density at radius 3 is 2.55 bits per heavy atom. The SMILES string of the molecule is O=C(COc1ccc(F)cc1)Nc1sc(SCC(=O)NC2CC2)nc1-c1ccccc1.